The van der Waals surface area contributed by atoms with Gasteiger partial charge < -0.3 is 24.6 Å². The van der Waals surface area contributed by atoms with Gasteiger partial charge in [0.2, 0.25) is 5.91 Å². The van der Waals surface area contributed by atoms with Crippen molar-refractivity contribution in [3.05, 3.63) is 29.8 Å². The third-order valence-electron chi connectivity index (χ3n) is 5.27. The molecule has 0 spiro atoms. The molecule has 0 saturated carbocycles. The molecule has 1 N–H and O–H groups in total. The molecule has 0 unspecified atom stereocenters. The lowest BCUT2D eigenvalue weighted by Crippen LogP contribution is -2.55. The third-order valence-corrected chi connectivity index (χ3v) is 5.27. The fraction of sp³-hybridized carbons (Fsp3) is 0.600. The Labute approximate surface area is 160 Å². The Morgan fingerprint density at radius 3 is 2.48 bits per heavy atom. The van der Waals surface area contributed by atoms with Crippen molar-refractivity contribution in [2.75, 3.05) is 46.5 Å². The Morgan fingerprint density at radius 1 is 1.11 bits per heavy atom. The van der Waals surface area contributed by atoms with Crippen LogP contribution in [0.1, 0.15) is 24.8 Å². The average molecular weight is 375 g/mol. The number of urea groups is 1. The van der Waals surface area contributed by atoms with Gasteiger partial charge in [-0.1, -0.05) is 18.2 Å². The number of para-hydroxylation sites is 1. The molecule has 2 aliphatic heterocycles. The molecule has 7 heteroatoms. The van der Waals surface area contributed by atoms with Crippen LogP contribution in [0.2, 0.25) is 0 Å². The van der Waals surface area contributed by atoms with E-state index in [9.17, 15) is 9.59 Å². The topological polar surface area (TPSA) is 71.1 Å². The van der Waals surface area contributed by atoms with Gasteiger partial charge >= 0.3 is 6.03 Å². The Hall–Kier alpha value is -2.28. The summed E-state index contributed by atoms with van der Waals surface area (Å²) in [6.45, 7) is 3.75. The van der Waals surface area contributed by atoms with Gasteiger partial charge in [-0.15, -0.1) is 0 Å². The Balaban J connectivity index is 1.41. The van der Waals surface area contributed by atoms with Gasteiger partial charge in [0.25, 0.3) is 0 Å². The van der Waals surface area contributed by atoms with Crippen LogP contribution in [0.5, 0.6) is 5.75 Å². The highest BCUT2D eigenvalue weighted by Crippen LogP contribution is 2.19. The number of rotatable bonds is 5. The highest BCUT2D eigenvalue weighted by molar-refractivity contribution is 5.78. The molecule has 3 rings (SSSR count). The highest BCUT2D eigenvalue weighted by Gasteiger charge is 2.26. The number of aryl methyl sites for hydroxylation is 1. The number of nitrogens with one attached hydrogen (secondary N) is 1. The summed E-state index contributed by atoms with van der Waals surface area (Å²) in [5.74, 6) is 0.949. The van der Waals surface area contributed by atoms with Crippen molar-refractivity contribution in [3.63, 3.8) is 0 Å². The van der Waals surface area contributed by atoms with E-state index < -0.39 is 0 Å². The van der Waals surface area contributed by atoms with E-state index in [0.717, 1.165) is 24.2 Å². The second kappa shape index (κ2) is 9.60. The minimum Gasteiger partial charge on any atom is -0.496 e. The Kier molecular flexibility index (Phi) is 6.92. The lowest BCUT2D eigenvalue weighted by Gasteiger charge is -2.36. The number of nitrogens with zero attached hydrogens (tertiary/aromatic N) is 2. The molecule has 148 valence electrons. The van der Waals surface area contributed by atoms with Gasteiger partial charge in [0.1, 0.15) is 5.75 Å². The van der Waals surface area contributed by atoms with Crippen molar-refractivity contribution < 1.29 is 19.1 Å². The molecule has 0 radical (unpaired) electrons. The monoisotopic (exact) mass is 375 g/mol. The summed E-state index contributed by atoms with van der Waals surface area (Å²) in [5, 5.41) is 3.08. The SMILES string of the molecule is COc1ccccc1CCC(=O)N1CCN(C(=O)NC2CCOCC2)CC1. The predicted molar refractivity (Wildman–Crippen MR) is 102 cm³/mol. The number of benzene rings is 1. The minimum atomic E-state index is -0.0250. The number of carbonyl (C=O) groups excluding carboxylic acids is 2. The second-order valence-electron chi connectivity index (χ2n) is 7.02. The molecule has 7 nitrogen and oxygen atoms in total. The normalized spacial score (nSPS) is 18.3. The quantitative estimate of drug-likeness (QED) is 0.850. The fourth-order valence-corrected chi connectivity index (χ4v) is 3.58. The molecule has 27 heavy (non-hydrogen) atoms. The van der Waals surface area contributed by atoms with Crippen LogP contribution in [0.25, 0.3) is 0 Å². The van der Waals surface area contributed by atoms with Crippen LogP contribution in [0.4, 0.5) is 4.79 Å². The smallest absolute Gasteiger partial charge is 0.317 e. The number of hydrogen-bond donors (Lipinski definition) is 1. The summed E-state index contributed by atoms with van der Waals surface area (Å²) in [6, 6.07) is 7.96. The van der Waals surface area contributed by atoms with Crippen LogP contribution in [-0.4, -0.2) is 74.3 Å². The lowest BCUT2D eigenvalue weighted by molar-refractivity contribution is -0.132. The molecule has 0 bridgehead atoms. The zero-order valence-corrected chi connectivity index (χ0v) is 16.0. The van der Waals surface area contributed by atoms with Gasteiger partial charge in [-0.25, -0.2) is 4.79 Å². The van der Waals surface area contributed by atoms with Crippen LogP contribution in [0.3, 0.4) is 0 Å². The average Bonchev–Trinajstić information content (AvgIpc) is 2.73. The third kappa shape index (κ3) is 5.35. The van der Waals surface area contributed by atoms with E-state index in [2.05, 4.69) is 5.32 Å². The molecule has 0 atom stereocenters. The van der Waals surface area contributed by atoms with Crippen LogP contribution in [0.15, 0.2) is 24.3 Å². The van der Waals surface area contributed by atoms with E-state index >= 15 is 0 Å². The summed E-state index contributed by atoms with van der Waals surface area (Å²) in [4.78, 5) is 28.6. The maximum Gasteiger partial charge on any atom is 0.317 e. The standard InChI is InChI=1S/C20H29N3O4/c1-26-18-5-3-2-4-16(18)6-7-19(24)22-10-12-23(13-11-22)20(25)21-17-8-14-27-15-9-17/h2-5,17H,6-15H2,1H3,(H,21,25). The Bertz CT molecular complexity index is 638. The van der Waals surface area contributed by atoms with Crippen molar-refractivity contribution in [1.82, 2.24) is 15.1 Å². The summed E-state index contributed by atoms with van der Waals surface area (Å²) in [5.41, 5.74) is 1.04. The molecule has 3 amide bonds. The Morgan fingerprint density at radius 2 is 1.78 bits per heavy atom. The zero-order chi connectivity index (χ0) is 19.1. The maximum atomic E-state index is 12.5. The van der Waals surface area contributed by atoms with Crippen LogP contribution >= 0.6 is 0 Å². The van der Waals surface area contributed by atoms with E-state index in [0.29, 0.717) is 52.2 Å². The van der Waals surface area contributed by atoms with Crippen LogP contribution in [0, 0.1) is 0 Å². The number of amides is 3. The first-order chi connectivity index (χ1) is 13.2. The number of hydrogen-bond acceptors (Lipinski definition) is 4. The molecule has 2 heterocycles. The van der Waals surface area contributed by atoms with Crippen molar-refractivity contribution in [3.8, 4) is 5.75 Å². The number of piperazine rings is 1. The first-order valence-electron chi connectivity index (χ1n) is 9.70. The molecule has 1 aromatic rings. The summed E-state index contributed by atoms with van der Waals surface area (Å²) < 4.78 is 10.7. The van der Waals surface area contributed by atoms with E-state index in [1.54, 1.807) is 12.0 Å². The van der Waals surface area contributed by atoms with Crippen LogP contribution < -0.4 is 10.1 Å². The molecule has 0 aliphatic carbocycles. The summed E-state index contributed by atoms with van der Waals surface area (Å²) in [7, 11) is 1.64. The van der Waals surface area contributed by atoms with Crippen LogP contribution in [-0.2, 0) is 16.0 Å². The fourth-order valence-electron chi connectivity index (χ4n) is 3.58. The van der Waals surface area contributed by atoms with Gasteiger partial charge in [-0.05, 0) is 30.9 Å². The van der Waals surface area contributed by atoms with E-state index in [1.807, 2.05) is 29.2 Å². The largest absolute Gasteiger partial charge is 0.496 e. The van der Waals surface area contributed by atoms with Crippen molar-refractivity contribution in [2.45, 2.75) is 31.7 Å². The number of carbonyl (C=O) groups is 2. The first-order valence-corrected chi connectivity index (χ1v) is 9.70. The van der Waals surface area contributed by atoms with Gasteiger partial charge in [0, 0.05) is 51.9 Å². The van der Waals surface area contributed by atoms with E-state index in [1.165, 1.54) is 0 Å². The van der Waals surface area contributed by atoms with Crippen molar-refractivity contribution in [2.24, 2.45) is 0 Å². The predicted octanol–water partition coefficient (Wildman–Crippen LogP) is 1.66. The van der Waals surface area contributed by atoms with E-state index in [4.69, 9.17) is 9.47 Å². The molecule has 1 aromatic carbocycles. The molecular formula is C20H29N3O4. The maximum absolute atomic E-state index is 12.5. The van der Waals surface area contributed by atoms with Gasteiger partial charge in [0.15, 0.2) is 0 Å². The van der Waals surface area contributed by atoms with E-state index in [-0.39, 0.29) is 18.0 Å². The summed E-state index contributed by atoms with van der Waals surface area (Å²) >= 11 is 0. The second-order valence-corrected chi connectivity index (χ2v) is 7.02. The number of methoxy groups -OCH3 is 1. The van der Waals surface area contributed by atoms with Crippen molar-refractivity contribution in [1.29, 1.82) is 0 Å². The van der Waals surface area contributed by atoms with Gasteiger partial charge in [-0.2, -0.15) is 0 Å². The first kappa shape index (κ1) is 19.5. The van der Waals surface area contributed by atoms with Gasteiger partial charge in [0.05, 0.1) is 7.11 Å². The summed E-state index contributed by atoms with van der Waals surface area (Å²) in [6.07, 6.45) is 2.85. The minimum absolute atomic E-state index is 0.0250. The molecule has 0 aromatic heterocycles. The lowest BCUT2D eigenvalue weighted by atomic mass is 10.1. The molecular weight excluding hydrogens is 346 g/mol. The number of ether oxygens (including phenoxy) is 2. The van der Waals surface area contributed by atoms with Gasteiger partial charge in [-0.3, -0.25) is 4.79 Å². The molecule has 2 aliphatic rings. The molecule has 2 fully saturated rings. The van der Waals surface area contributed by atoms with Crippen molar-refractivity contribution >= 4 is 11.9 Å². The highest BCUT2D eigenvalue weighted by atomic mass is 16.5. The zero-order valence-electron chi connectivity index (χ0n) is 16.0. The molecule has 2 saturated heterocycles.